The highest BCUT2D eigenvalue weighted by Gasteiger charge is 2.05. The van der Waals surface area contributed by atoms with Gasteiger partial charge in [0, 0.05) is 5.69 Å². The van der Waals surface area contributed by atoms with E-state index in [0.717, 1.165) is 0 Å². The highest BCUT2D eigenvalue weighted by molar-refractivity contribution is 6.34. The summed E-state index contributed by atoms with van der Waals surface area (Å²) in [5.74, 6) is 0.679. The van der Waals surface area contributed by atoms with Gasteiger partial charge in [0.15, 0.2) is 6.73 Å². The standard InChI is InChI=1S/C14H14ClN3O2/c15-12-8-10(16)6-7-13(12)18-14(19)17-9-20-11-4-2-1-3-5-11/h1-8H,9,16H2,(H2,17,18,19). The lowest BCUT2D eigenvalue weighted by Crippen LogP contribution is -2.32. The smallest absolute Gasteiger partial charge is 0.321 e. The summed E-state index contributed by atoms with van der Waals surface area (Å²) in [7, 11) is 0. The highest BCUT2D eigenvalue weighted by Crippen LogP contribution is 2.23. The number of benzene rings is 2. The summed E-state index contributed by atoms with van der Waals surface area (Å²) in [5.41, 5.74) is 6.59. The normalized spacial score (nSPS) is 9.85. The van der Waals surface area contributed by atoms with Gasteiger partial charge < -0.3 is 21.1 Å². The van der Waals surface area contributed by atoms with Crippen LogP contribution < -0.4 is 21.1 Å². The number of urea groups is 1. The molecule has 20 heavy (non-hydrogen) atoms. The van der Waals surface area contributed by atoms with Crippen LogP contribution in [0.1, 0.15) is 0 Å². The second-order valence-corrected chi connectivity index (χ2v) is 4.38. The summed E-state index contributed by atoms with van der Waals surface area (Å²) < 4.78 is 5.34. The van der Waals surface area contributed by atoms with Crippen molar-refractivity contribution in [3.05, 3.63) is 53.6 Å². The van der Waals surface area contributed by atoms with E-state index in [0.29, 0.717) is 22.1 Å². The van der Waals surface area contributed by atoms with Gasteiger partial charge in [-0.05, 0) is 30.3 Å². The van der Waals surface area contributed by atoms with E-state index in [9.17, 15) is 4.79 Å². The Bertz CT molecular complexity index is 590. The minimum Gasteiger partial charge on any atom is -0.473 e. The van der Waals surface area contributed by atoms with Crippen LogP contribution in [0, 0.1) is 0 Å². The second kappa shape index (κ2) is 6.68. The van der Waals surface area contributed by atoms with E-state index in [1.54, 1.807) is 30.3 Å². The SMILES string of the molecule is Nc1ccc(NC(=O)NCOc2ccccc2)c(Cl)c1. The van der Waals surface area contributed by atoms with Crippen molar-refractivity contribution in [2.45, 2.75) is 0 Å². The van der Waals surface area contributed by atoms with E-state index >= 15 is 0 Å². The molecule has 2 rings (SSSR count). The van der Waals surface area contributed by atoms with Crippen LogP contribution in [0.25, 0.3) is 0 Å². The molecule has 2 aromatic carbocycles. The molecule has 0 bridgehead atoms. The molecule has 4 N–H and O–H groups in total. The van der Waals surface area contributed by atoms with Crippen molar-refractivity contribution < 1.29 is 9.53 Å². The Labute approximate surface area is 121 Å². The highest BCUT2D eigenvalue weighted by atomic mass is 35.5. The number of carbonyl (C=O) groups is 1. The van der Waals surface area contributed by atoms with Crippen LogP contribution in [-0.4, -0.2) is 12.8 Å². The fourth-order valence-corrected chi connectivity index (χ4v) is 1.74. The number of carbonyl (C=O) groups excluding carboxylic acids is 1. The minimum atomic E-state index is -0.410. The number of nitrogens with one attached hydrogen (secondary N) is 2. The number of hydrogen-bond acceptors (Lipinski definition) is 3. The Hall–Kier alpha value is -2.40. The largest absolute Gasteiger partial charge is 0.473 e. The number of nitrogen functional groups attached to an aromatic ring is 1. The van der Waals surface area contributed by atoms with E-state index in [-0.39, 0.29) is 6.73 Å². The van der Waals surface area contributed by atoms with E-state index in [1.165, 1.54) is 0 Å². The molecule has 0 atom stereocenters. The predicted molar refractivity (Wildman–Crippen MR) is 80.0 cm³/mol. The van der Waals surface area contributed by atoms with Crippen molar-refractivity contribution in [1.82, 2.24) is 5.32 Å². The van der Waals surface area contributed by atoms with Gasteiger partial charge in [0.25, 0.3) is 0 Å². The van der Waals surface area contributed by atoms with E-state index in [4.69, 9.17) is 22.1 Å². The topological polar surface area (TPSA) is 76.4 Å². The number of hydrogen-bond donors (Lipinski definition) is 3. The number of nitrogens with two attached hydrogens (primary N) is 1. The predicted octanol–water partition coefficient (Wildman–Crippen LogP) is 3.08. The second-order valence-electron chi connectivity index (χ2n) is 3.97. The third kappa shape index (κ3) is 4.07. The van der Waals surface area contributed by atoms with Gasteiger partial charge in [0.05, 0.1) is 10.7 Å². The zero-order valence-corrected chi connectivity index (χ0v) is 11.4. The van der Waals surface area contributed by atoms with Crippen molar-refractivity contribution in [2.75, 3.05) is 17.8 Å². The first-order chi connectivity index (χ1) is 9.65. The van der Waals surface area contributed by atoms with Crippen LogP contribution in [0.2, 0.25) is 5.02 Å². The molecule has 0 saturated heterocycles. The Kier molecular flexibility index (Phi) is 4.68. The molecule has 0 aliphatic heterocycles. The quantitative estimate of drug-likeness (QED) is 0.598. The summed E-state index contributed by atoms with van der Waals surface area (Å²) in [5, 5.41) is 5.54. The van der Waals surface area contributed by atoms with Gasteiger partial charge in [-0.15, -0.1) is 0 Å². The maximum Gasteiger partial charge on any atom is 0.321 e. The van der Waals surface area contributed by atoms with Crippen molar-refractivity contribution in [2.24, 2.45) is 0 Å². The molecule has 104 valence electrons. The number of amides is 2. The molecule has 0 heterocycles. The average molecular weight is 292 g/mol. The van der Waals surface area contributed by atoms with Crippen molar-refractivity contribution in [1.29, 1.82) is 0 Å². The molecule has 0 fully saturated rings. The zero-order valence-electron chi connectivity index (χ0n) is 10.6. The Morgan fingerprint density at radius 3 is 2.65 bits per heavy atom. The number of rotatable bonds is 4. The van der Waals surface area contributed by atoms with Gasteiger partial charge in [-0.2, -0.15) is 0 Å². The van der Waals surface area contributed by atoms with Crippen LogP contribution in [-0.2, 0) is 0 Å². The lowest BCUT2D eigenvalue weighted by molar-refractivity contribution is 0.234. The molecule has 2 aromatic rings. The molecule has 0 aromatic heterocycles. The fourth-order valence-electron chi connectivity index (χ4n) is 1.50. The molecule has 0 aliphatic carbocycles. The molecule has 2 amide bonds. The average Bonchev–Trinajstić information content (AvgIpc) is 2.43. The molecule has 0 spiro atoms. The number of ether oxygens (including phenoxy) is 1. The summed E-state index contributed by atoms with van der Waals surface area (Å²) in [4.78, 5) is 11.6. The number of anilines is 2. The Morgan fingerprint density at radius 1 is 1.20 bits per heavy atom. The third-order valence-corrected chi connectivity index (χ3v) is 2.77. The zero-order chi connectivity index (χ0) is 14.4. The van der Waals surface area contributed by atoms with E-state index in [1.807, 2.05) is 18.2 Å². The summed E-state index contributed by atoms with van der Waals surface area (Å²) in [6.07, 6.45) is 0. The summed E-state index contributed by atoms with van der Waals surface area (Å²) >= 11 is 5.95. The Balaban J connectivity index is 1.81. The maximum absolute atomic E-state index is 11.6. The molecule has 5 nitrogen and oxygen atoms in total. The van der Waals surface area contributed by atoms with Gasteiger partial charge in [-0.1, -0.05) is 29.8 Å². The summed E-state index contributed by atoms with van der Waals surface area (Å²) in [6.45, 7) is 0.0580. The third-order valence-electron chi connectivity index (χ3n) is 2.46. The molecule has 0 unspecified atom stereocenters. The number of para-hydroxylation sites is 1. The monoisotopic (exact) mass is 291 g/mol. The van der Waals surface area contributed by atoms with Crippen LogP contribution in [0.4, 0.5) is 16.2 Å². The van der Waals surface area contributed by atoms with Crippen molar-refractivity contribution >= 4 is 29.0 Å². The molecule has 6 heteroatoms. The van der Waals surface area contributed by atoms with Gasteiger partial charge in [-0.3, -0.25) is 0 Å². The molecule has 0 radical (unpaired) electrons. The lowest BCUT2D eigenvalue weighted by Gasteiger charge is -2.10. The lowest BCUT2D eigenvalue weighted by atomic mass is 10.3. The minimum absolute atomic E-state index is 0.0580. The van der Waals surface area contributed by atoms with Crippen LogP contribution in [0.3, 0.4) is 0 Å². The van der Waals surface area contributed by atoms with Crippen LogP contribution in [0.15, 0.2) is 48.5 Å². The first-order valence-corrected chi connectivity index (χ1v) is 6.30. The molecule has 0 saturated carbocycles. The van der Waals surface area contributed by atoms with Gasteiger partial charge in [-0.25, -0.2) is 4.79 Å². The van der Waals surface area contributed by atoms with E-state index in [2.05, 4.69) is 10.6 Å². The molecule has 0 aliphatic rings. The maximum atomic E-state index is 11.6. The van der Waals surface area contributed by atoms with Crippen molar-refractivity contribution in [3.63, 3.8) is 0 Å². The van der Waals surface area contributed by atoms with Crippen LogP contribution >= 0.6 is 11.6 Å². The van der Waals surface area contributed by atoms with Gasteiger partial charge >= 0.3 is 6.03 Å². The van der Waals surface area contributed by atoms with Gasteiger partial charge in [0.2, 0.25) is 0 Å². The fraction of sp³-hybridized carbons (Fsp3) is 0.0714. The van der Waals surface area contributed by atoms with Gasteiger partial charge in [0.1, 0.15) is 5.75 Å². The molecular weight excluding hydrogens is 278 g/mol. The number of halogens is 1. The van der Waals surface area contributed by atoms with Crippen molar-refractivity contribution in [3.8, 4) is 5.75 Å². The van der Waals surface area contributed by atoms with E-state index < -0.39 is 6.03 Å². The first-order valence-electron chi connectivity index (χ1n) is 5.93. The Morgan fingerprint density at radius 2 is 1.95 bits per heavy atom. The van der Waals surface area contributed by atoms with Crippen LogP contribution in [0.5, 0.6) is 5.75 Å². The first kappa shape index (κ1) is 14.0. The molecular formula is C14H14ClN3O2. The summed E-state index contributed by atoms with van der Waals surface area (Å²) in [6, 6.07) is 13.6.